The number of ether oxygens (including phenoxy) is 2. The number of likely N-dealkylation sites (N-methyl/N-ethyl adjacent to an activating group) is 1. The minimum Gasteiger partial charge on any atom is -0.472 e. The van der Waals surface area contributed by atoms with E-state index in [1.807, 2.05) is 25.1 Å². The molecule has 2 aromatic rings. The average Bonchev–Trinajstić information content (AvgIpc) is 2.90. The lowest BCUT2D eigenvalue weighted by Crippen LogP contribution is -2.50. The molecule has 2 aliphatic rings. The zero-order chi connectivity index (χ0) is 25.7. The summed E-state index contributed by atoms with van der Waals surface area (Å²) >= 11 is 0. The molecule has 0 unspecified atom stereocenters. The molecule has 2 aliphatic heterocycles. The number of carbonyl (C=O) groups excluding carboxylic acids is 1. The van der Waals surface area contributed by atoms with Crippen molar-refractivity contribution >= 4 is 5.91 Å². The van der Waals surface area contributed by atoms with Crippen LogP contribution < -0.4 is 4.74 Å². The third-order valence-corrected chi connectivity index (χ3v) is 7.27. The molecule has 0 bridgehead atoms. The van der Waals surface area contributed by atoms with Gasteiger partial charge in [0.2, 0.25) is 5.88 Å². The van der Waals surface area contributed by atoms with E-state index >= 15 is 0 Å². The second-order valence-corrected chi connectivity index (χ2v) is 10.2. The largest absolute Gasteiger partial charge is 0.472 e. The highest BCUT2D eigenvalue weighted by molar-refractivity contribution is 5.98. The molecule has 4 rings (SSSR count). The number of aliphatic hydroxyl groups excluding tert-OH is 1. The fourth-order valence-electron chi connectivity index (χ4n) is 4.97. The summed E-state index contributed by atoms with van der Waals surface area (Å²) in [4.78, 5) is 22.3. The molecule has 8 heteroatoms. The average molecular weight is 493 g/mol. The standard InChI is InChI=1S/C28H36N4O4/c1-19-15-32(20(2)18-33)28(34)25-12-24(23-6-4-21(13-29)5-7-23)14-30-27(25)36-26(19)17-31(3)16-22-8-10-35-11-9-22/h4-7,12,14,19-20,22,26,33H,8-11,15-18H2,1-3H3/t19-,20-,26+/m1/s1. The van der Waals surface area contributed by atoms with E-state index in [1.165, 1.54) is 0 Å². The molecule has 0 radical (unpaired) electrons. The van der Waals surface area contributed by atoms with Gasteiger partial charge in [0.1, 0.15) is 11.7 Å². The maximum Gasteiger partial charge on any atom is 0.259 e. The molecule has 8 nitrogen and oxygen atoms in total. The summed E-state index contributed by atoms with van der Waals surface area (Å²) in [5.41, 5.74) is 2.60. The number of carbonyl (C=O) groups is 1. The van der Waals surface area contributed by atoms with Crippen molar-refractivity contribution in [2.24, 2.45) is 11.8 Å². The highest BCUT2D eigenvalue weighted by atomic mass is 16.5. The Morgan fingerprint density at radius 3 is 2.61 bits per heavy atom. The van der Waals surface area contributed by atoms with E-state index in [4.69, 9.17) is 14.7 Å². The number of rotatable bonds is 7. The summed E-state index contributed by atoms with van der Waals surface area (Å²) in [6.45, 7) is 7.65. The van der Waals surface area contributed by atoms with Gasteiger partial charge >= 0.3 is 0 Å². The third-order valence-electron chi connectivity index (χ3n) is 7.27. The zero-order valence-corrected chi connectivity index (χ0v) is 21.4. The number of pyridine rings is 1. The van der Waals surface area contributed by atoms with Gasteiger partial charge in [-0.25, -0.2) is 4.98 Å². The SMILES string of the molecule is C[C@@H]1CN([C@H](C)CO)C(=O)c2cc(-c3ccc(C#N)cc3)cnc2O[C@H]1CN(C)CC1CCOCC1. The lowest BCUT2D eigenvalue weighted by Gasteiger charge is -2.38. The maximum absolute atomic E-state index is 13.6. The van der Waals surface area contributed by atoms with Crippen LogP contribution in [0.3, 0.4) is 0 Å². The molecule has 1 saturated heterocycles. The van der Waals surface area contributed by atoms with Crippen molar-refractivity contribution in [3.8, 4) is 23.1 Å². The summed E-state index contributed by atoms with van der Waals surface area (Å²) in [5, 5.41) is 19.0. The number of amides is 1. The Kier molecular flexibility index (Phi) is 8.57. The summed E-state index contributed by atoms with van der Waals surface area (Å²) < 4.78 is 11.9. The molecule has 0 saturated carbocycles. The summed E-state index contributed by atoms with van der Waals surface area (Å²) in [5.74, 6) is 0.785. The van der Waals surface area contributed by atoms with Gasteiger partial charge < -0.3 is 24.4 Å². The smallest absolute Gasteiger partial charge is 0.259 e. The fraction of sp³-hybridized carbons (Fsp3) is 0.536. The quantitative estimate of drug-likeness (QED) is 0.634. The van der Waals surface area contributed by atoms with E-state index in [-0.39, 0.29) is 30.6 Å². The van der Waals surface area contributed by atoms with Gasteiger partial charge in [0.15, 0.2) is 0 Å². The molecule has 1 amide bonds. The van der Waals surface area contributed by atoms with E-state index in [2.05, 4.69) is 29.9 Å². The van der Waals surface area contributed by atoms with Crippen molar-refractivity contribution in [1.82, 2.24) is 14.8 Å². The van der Waals surface area contributed by atoms with Crippen LogP contribution >= 0.6 is 0 Å². The second kappa shape index (κ2) is 11.8. The van der Waals surface area contributed by atoms with Gasteiger partial charge in [-0.15, -0.1) is 0 Å². The van der Waals surface area contributed by atoms with Gasteiger partial charge in [0.25, 0.3) is 5.91 Å². The number of benzene rings is 1. The molecular formula is C28H36N4O4. The van der Waals surface area contributed by atoms with E-state index in [0.29, 0.717) is 36.0 Å². The minimum absolute atomic E-state index is 0.0493. The molecule has 1 aromatic carbocycles. The summed E-state index contributed by atoms with van der Waals surface area (Å²) in [7, 11) is 2.12. The van der Waals surface area contributed by atoms with Crippen LogP contribution in [0.15, 0.2) is 36.5 Å². The molecule has 192 valence electrons. The Hall–Kier alpha value is -2.99. The molecular weight excluding hydrogens is 456 g/mol. The van der Waals surface area contributed by atoms with E-state index in [9.17, 15) is 9.90 Å². The predicted octanol–water partition coefficient (Wildman–Crippen LogP) is 3.20. The van der Waals surface area contributed by atoms with Crippen LogP contribution in [0.2, 0.25) is 0 Å². The number of aliphatic hydroxyl groups is 1. The second-order valence-electron chi connectivity index (χ2n) is 10.2. The molecule has 1 N–H and O–H groups in total. The Balaban J connectivity index is 1.62. The molecule has 0 spiro atoms. The van der Waals surface area contributed by atoms with Crippen molar-refractivity contribution in [3.63, 3.8) is 0 Å². The lowest BCUT2D eigenvalue weighted by atomic mass is 9.97. The Morgan fingerprint density at radius 1 is 1.22 bits per heavy atom. The van der Waals surface area contributed by atoms with Crippen molar-refractivity contribution in [2.75, 3.05) is 46.5 Å². The van der Waals surface area contributed by atoms with Crippen LogP contribution in [-0.4, -0.2) is 84.4 Å². The molecule has 3 heterocycles. The molecule has 1 aromatic heterocycles. The van der Waals surface area contributed by atoms with E-state index < -0.39 is 0 Å². The molecule has 3 atom stereocenters. The van der Waals surface area contributed by atoms with Crippen LogP contribution in [-0.2, 0) is 4.74 Å². The highest BCUT2D eigenvalue weighted by Crippen LogP contribution is 2.30. The first-order valence-corrected chi connectivity index (χ1v) is 12.7. The Labute approximate surface area is 213 Å². The summed E-state index contributed by atoms with van der Waals surface area (Å²) in [6, 6.07) is 10.8. The van der Waals surface area contributed by atoms with Gasteiger partial charge in [-0.3, -0.25) is 4.79 Å². The van der Waals surface area contributed by atoms with Crippen LogP contribution in [0.4, 0.5) is 0 Å². The van der Waals surface area contributed by atoms with Crippen molar-refractivity contribution < 1.29 is 19.4 Å². The number of fused-ring (bicyclic) bond motifs is 1. The normalized spacial score (nSPS) is 21.8. The minimum atomic E-state index is -0.329. The number of nitrogens with zero attached hydrogens (tertiary/aromatic N) is 4. The van der Waals surface area contributed by atoms with E-state index in [0.717, 1.165) is 43.7 Å². The van der Waals surface area contributed by atoms with E-state index in [1.54, 1.807) is 23.2 Å². The summed E-state index contributed by atoms with van der Waals surface area (Å²) in [6.07, 6.45) is 3.69. The number of hydrogen-bond donors (Lipinski definition) is 1. The van der Waals surface area contributed by atoms with Crippen LogP contribution in [0.5, 0.6) is 5.88 Å². The first kappa shape index (κ1) is 26.1. The Bertz CT molecular complexity index is 1080. The maximum atomic E-state index is 13.6. The highest BCUT2D eigenvalue weighted by Gasteiger charge is 2.34. The predicted molar refractivity (Wildman–Crippen MR) is 137 cm³/mol. The molecule has 36 heavy (non-hydrogen) atoms. The van der Waals surface area contributed by atoms with Crippen LogP contribution in [0, 0.1) is 23.2 Å². The van der Waals surface area contributed by atoms with Crippen LogP contribution in [0.25, 0.3) is 11.1 Å². The van der Waals surface area contributed by atoms with Gasteiger partial charge in [-0.05, 0) is 56.5 Å². The van der Waals surface area contributed by atoms with Crippen LogP contribution in [0.1, 0.15) is 42.6 Å². The fourth-order valence-corrected chi connectivity index (χ4v) is 4.97. The monoisotopic (exact) mass is 492 g/mol. The first-order chi connectivity index (χ1) is 17.4. The van der Waals surface area contributed by atoms with Gasteiger partial charge in [0.05, 0.1) is 24.3 Å². The lowest BCUT2D eigenvalue weighted by molar-refractivity contribution is 0.0254. The number of aromatic nitrogens is 1. The van der Waals surface area contributed by atoms with Gasteiger partial charge in [-0.1, -0.05) is 19.1 Å². The van der Waals surface area contributed by atoms with Crippen molar-refractivity contribution in [1.29, 1.82) is 5.26 Å². The zero-order valence-electron chi connectivity index (χ0n) is 21.4. The number of hydrogen-bond acceptors (Lipinski definition) is 7. The molecule has 1 fully saturated rings. The molecule has 0 aliphatic carbocycles. The topological polar surface area (TPSA) is 98.9 Å². The first-order valence-electron chi connectivity index (χ1n) is 12.7. The van der Waals surface area contributed by atoms with Gasteiger partial charge in [-0.2, -0.15) is 5.26 Å². The Morgan fingerprint density at radius 2 is 1.94 bits per heavy atom. The van der Waals surface area contributed by atoms with Gasteiger partial charge in [0, 0.05) is 50.5 Å². The number of nitriles is 1. The third kappa shape index (κ3) is 6.04. The van der Waals surface area contributed by atoms with Crippen molar-refractivity contribution in [3.05, 3.63) is 47.7 Å². The van der Waals surface area contributed by atoms with Crippen molar-refractivity contribution in [2.45, 2.75) is 38.8 Å².